The summed E-state index contributed by atoms with van der Waals surface area (Å²) >= 11 is 0. The van der Waals surface area contributed by atoms with E-state index >= 15 is 0 Å². The first kappa shape index (κ1) is 35.2. The van der Waals surface area contributed by atoms with E-state index in [2.05, 4.69) is 15.6 Å². The summed E-state index contributed by atoms with van der Waals surface area (Å²) in [5.41, 5.74) is -2.28. The summed E-state index contributed by atoms with van der Waals surface area (Å²) in [6, 6.07) is 22.7. The molecule has 0 radical (unpaired) electrons. The second kappa shape index (κ2) is 13.9. The number of hydrogen-bond donors (Lipinski definition) is 6. The lowest BCUT2D eigenvalue weighted by Crippen LogP contribution is -2.63. The predicted octanol–water partition coefficient (Wildman–Crippen LogP) is 2.00. The van der Waals surface area contributed by atoms with E-state index in [0.717, 1.165) is 4.57 Å². The number of carbonyl (C=O) groups is 2. The summed E-state index contributed by atoms with van der Waals surface area (Å²) in [5, 5.41) is 35.5. The third-order valence-corrected chi connectivity index (χ3v) is 9.32. The van der Waals surface area contributed by atoms with E-state index in [1.165, 1.54) is 18.0 Å². The molecule has 6 N–H and O–H groups in total. The third-order valence-electron chi connectivity index (χ3n) is 9.32. The number of H-pyrrole nitrogens is 1. The van der Waals surface area contributed by atoms with Crippen molar-refractivity contribution >= 4 is 12.2 Å². The monoisotopic (exact) mass is 703 g/mol. The van der Waals surface area contributed by atoms with Crippen molar-refractivity contribution in [2.75, 3.05) is 27.4 Å². The molecule has 4 atom stereocenters. The van der Waals surface area contributed by atoms with Crippen molar-refractivity contribution in [3.05, 3.63) is 128 Å². The van der Waals surface area contributed by atoms with E-state index in [4.69, 9.17) is 18.9 Å². The van der Waals surface area contributed by atoms with E-state index in [0.29, 0.717) is 28.2 Å². The van der Waals surface area contributed by atoms with Crippen LogP contribution in [0.1, 0.15) is 28.5 Å². The summed E-state index contributed by atoms with van der Waals surface area (Å²) in [4.78, 5) is 52.6. The van der Waals surface area contributed by atoms with E-state index in [1.54, 1.807) is 38.5 Å². The zero-order valence-electron chi connectivity index (χ0n) is 27.8. The molecule has 2 saturated heterocycles. The number of nitrogens with one attached hydrogen (secondary N) is 3. The van der Waals surface area contributed by atoms with Gasteiger partial charge in [0, 0.05) is 18.3 Å². The number of amides is 2. The molecule has 16 heteroatoms. The van der Waals surface area contributed by atoms with Crippen LogP contribution < -0.4 is 31.4 Å². The molecule has 2 amide bonds. The molecule has 0 aliphatic carbocycles. The predicted molar refractivity (Wildman–Crippen MR) is 180 cm³/mol. The molecule has 2 bridgehead atoms. The van der Waals surface area contributed by atoms with Crippen LogP contribution in [0.3, 0.4) is 0 Å². The fraction of sp³-hybridized carbons (Fsp3) is 0.314. The lowest BCUT2D eigenvalue weighted by Gasteiger charge is -2.42. The van der Waals surface area contributed by atoms with Crippen LogP contribution in [0.25, 0.3) is 0 Å². The summed E-state index contributed by atoms with van der Waals surface area (Å²) in [6.07, 6.45) is -6.19. The highest BCUT2D eigenvalue weighted by Crippen LogP contribution is 2.49. The van der Waals surface area contributed by atoms with E-state index in [-0.39, 0.29) is 18.7 Å². The standard InChI is InChI=1S/C35H37N5O11/c1-20-17-39(31(43)36-28(20)42)29-26-27(41)34(51-29,18-40(26)30(37-32(44)45)38-33(46)47)19-50-35(21-7-5-4-6-8-21,22-9-13-24(48-2)14-10-22)23-11-15-25(49-3)16-12-23/h4-17,26-27,29-30,37-38,41H,18-19H2,1-3H3,(H,44,45)(H,46,47)(H,36,42,43)/t26-,27+,29-,34-/m1/s1. The fourth-order valence-corrected chi connectivity index (χ4v) is 6.90. The molecule has 51 heavy (non-hydrogen) atoms. The first-order valence-electron chi connectivity index (χ1n) is 15.8. The van der Waals surface area contributed by atoms with Crippen LogP contribution in [0.2, 0.25) is 0 Å². The number of methoxy groups -OCH3 is 2. The lowest BCUT2D eigenvalue weighted by atomic mass is 9.79. The number of hydrogen-bond acceptors (Lipinski definition) is 10. The van der Waals surface area contributed by atoms with Crippen LogP contribution in [0.4, 0.5) is 9.59 Å². The van der Waals surface area contributed by atoms with Gasteiger partial charge in [0.1, 0.15) is 28.8 Å². The Labute approximate surface area is 290 Å². The minimum Gasteiger partial charge on any atom is -0.497 e. The van der Waals surface area contributed by atoms with Crippen LogP contribution in [0, 0.1) is 6.92 Å². The van der Waals surface area contributed by atoms with Crippen molar-refractivity contribution in [2.45, 2.75) is 42.8 Å². The average molecular weight is 704 g/mol. The molecule has 0 unspecified atom stereocenters. The van der Waals surface area contributed by atoms with Gasteiger partial charge < -0.3 is 34.3 Å². The van der Waals surface area contributed by atoms with Gasteiger partial charge in [-0.15, -0.1) is 0 Å². The van der Waals surface area contributed by atoms with Gasteiger partial charge in [0.05, 0.1) is 26.9 Å². The van der Waals surface area contributed by atoms with Crippen molar-refractivity contribution < 1.29 is 43.9 Å². The molecule has 16 nitrogen and oxygen atoms in total. The molecular formula is C35H37N5O11. The molecule has 1 aromatic heterocycles. The summed E-state index contributed by atoms with van der Waals surface area (Å²) in [7, 11) is 3.11. The zero-order valence-corrected chi connectivity index (χ0v) is 27.8. The highest BCUT2D eigenvalue weighted by molar-refractivity contribution is 5.68. The second-order valence-corrected chi connectivity index (χ2v) is 12.3. The maximum atomic E-state index is 13.1. The maximum Gasteiger partial charge on any atom is 0.407 e. The van der Waals surface area contributed by atoms with Crippen LogP contribution in [-0.2, 0) is 15.1 Å². The summed E-state index contributed by atoms with van der Waals surface area (Å²) in [6.45, 7) is 0.885. The minimum absolute atomic E-state index is 0.165. The van der Waals surface area contributed by atoms with Gasteiger partial charge in [-0.25, -0.2) is 14.4 Å². The minimum atomic E-state index is -1.67. The Morgan fingerprint density at radius 1 is 0.922 bits per heavy atom. The third kappa shape index (κ3) is 6.41. The number of morpholine rings is 1. The first-order chi connectivity index (χ1) is 24.4. The number of benzene rings is 3. The number of rotatable bonds is 12. The Bertz CT molecular complexity index is 1940. The second-order valence-electron chi connectivity index (χ2n) is 12.3. The number of aromatic nitrogens is 2. The number of aliphatic hydroxyl groups is 1. The normalized spacial score (nSPS) is 21.4. The van der Waals surface area contributed by atoms with E-state index in [1.807, 2.05) is 54.6 Å². The van der Waals surface area contributed by atoms with Crippen molar-refractivity contribution in [1.29, 1.82) is 0 Å². The molecule has 2 fully saturated rings. The Kier molecular flexibility index (Phi) is 9.59. The van der Waals surface area contributed by atoms with Gasteiger partial charge in [-0.3, -0.25) is 29.9 Å². The Balaban J connectivity index is 1.50. The SMILES string of the molecule is COc1ccc(C(OC[C@@]23CN(C(NC(=O)O)NC(=O)O)[C@@H]([C@H](n4cc(C)c(=O)[nH]c4=O)O2)[C@@H]3O)(c2ccccc2)c2ccc(OC)cc2)cc1. The number of ether oxygens (including phenoxy) is 4. The molecule has 3 aromatic carbocycles. The molecule has 2 aliphatic rings. The fourth-order valence-electron chi connectivity index (χ4n) is 6.90. The molecule has 0 saturated carbocycles. The molecular weight excluding hydrogens is 666 g/mol. The zero-order chi connectivity index (χ0) is 36.5. The van der Waals surface area contributed by atoms with Crippen molar-refractivity contribution in [2.24, 2.45) is 0 Å². The number of aromatic amines is 1. The number of aryl methyl sites for hydroxylation is 1. The average Bonchev–Trinajstić information content (AvgIpc) is 3.56. The van der Waals surface area contributed by atoms with Gasteiger partial charge in [0.25, 0.3) is 5.56 Å². The number of nitrogens with zero attached hydrogens (tertiary/aromatic N) is 2. The van der Waals surface area contributed by atoms with Crippen molar-refractivity contribution in [3.63, 3.8) is 0 Å². The Morgan fingerprint density at radius 2 is 1.45 bits per heavy atom. The van der Waals surface area contributed by atoms with Gasteiger partial charge in [-0.05, 0) is 47.9 Å². The van der Waals surface area contributed by atoms with Crippen LogP contribution in [-0.4, -0.2) is 93.4 Å². The maximum absolute atomic E-state index is 13.1. The highest BCUT2D eigenvalue weighted by Gasteiger charge is 2.66. The Morgan fingerprint density at radius 3 is 1.96 bits per heavy atom. The van der Waals surface area contributed by atoms with Gasteiger partial charge in [0.15, 0.2) is 12.5 Å². The van der Waals surface area contributed by atoms with Crippen molar-refractivity contribution in [3.8, 4) is 11.5 Å². The smallest absolute Gasteiger partial charge is 0.407 e. The number of aliphatic hydroxyl groups excluding tert-OH is 1. The topological polar surface area (TPSA) is 214 Å². The van der Waals surface area contributed by atoms with Gasteiger partial charge in [-0.1, -0.05) is 54.6 Å². The summed E-state index contributed by atoms with van der Waals surface area (Å²) in [5.74, 6) is 1.20. The number of likely N-dealkylation sites (tertiary alicyclic amines) is 1. The highest BCUT2D eigenvalue weighted by atomic mass is 16.6. The van der Waals surface area contributed by atoms with Crippen molar-refractivity contribution in [1.82, 2.24) is 25.1 Å². The quantitative estimate of drug-likeness (QED) is 0.0924. The van der Waals surface area contributed by atoms with Crippen LogP contribution in [0.15, 0.2) is 94.6 Å². The molecule has 6 rings (SSSR count). The number of carboxylic acid groups (broad SMARTS) is 2. The Hall–Kier alpha value is -5.68. The largest absolute Gasteiger partial charge is 0.497 e. The molecule has 4 aromatic rings. The van der Waals surface area contributed by atoms with Crippen LogP contribution in [0.5, 0.6) is 11.5 Å². The molecule has 268 valence electrons. The van der Waals surface area contributed by atoms with Gasteiger partial charge in [0.2, 0.25) is 0 Å². The van der Waals surface area contributed by atoms with Crippen LogP contribution >= 0.6 is 0 Å². The number of fused-ring (bicyclic) bond motifs is 2. The molecule has 3 heterocycles. The summed E-state index contributed by atoms with van der Waals surface area (Å²) < 4.78 is 25.5. The van der Waals surface area contributed by atoms with E-state index < -0.39 is 59.3 Å². The van der Waals surface area contributed by atoms with Gasteiger partial charge >= 0.3 is 17.9 Å². The lowest BCUT2D eigenvalue weighted by molar-refractivity contribution is -0.184. The molecule has 2 aliphatic heterocycles. The first-order valence-corrected chi connectivity index (χ1v) is 15.8. The molecule has 0 spiro atoms. The van der Waals surface area contributed by atoms with Gasteiger partial charge in [-0.2, -0.15) is 0 Å². The van der Waals surface area contributed by atoms with E-state index in [9.17, 15) is 34.5 Å².